The first kappa shape index (κ1) is 47.5. The molecule has 6 heterocycles. The van der Waals surface area contributed by atoms with Gasteiger partial charge in [-0.1, -0.05) is 41.5 Å². The van der Waals surface area contributed by atoms with Gasteiger partial charge in [-0.25, -0.2) is 0 Å². The molecule has 0 saturated carbocycles. The minimum Gasteiger partial charge on any atom is -0.396 e. The van der Waals surface area contributed by atoms with Crippen molar-refractivity contribution >= 4 is 95.0 Å². The van der Waals surface area contributed by atoms with Gasteiger partial charge in [0.05, 0.1) is 0 Å². The molecule has 46 heavy (non-hydrogen) atoms. The van der Waals surface area contributed by atoms with Crippen LogP contribution >= 0.6 is 12.4 Å². The van der Waals surface area contributed by atoms with Crippen molar-refractivity contribution in [3.05, 3.63) is 111 Å². The van der Waals surface area contributed by atoms with Crippen molar-refractivity contribution in [2.45, 2.75) is 13.8 Å². The molecule has 0 spiro atoms. The van der Waals surface area contributed by atoms with Crippen molar-refractivity contribution in [1.82, 2.24) is 0 Å². The van der Waals surface area contributed by atoms with E-state index in [1.165, 1.54) is 11.4 Å². The Morgan fingerprint density at radius 2 is 0.739 bits per heavy atom. The normalized spacial score (nSPS) is 31.8. The largest absolute Gasteiger partial charge is 0.528 e. The maximum atomic E-state index is 6.25. The summed E-state index contributed by atoms with van der Waals surface area (Å²) in [5, 5.41) is 0. The number of hydrogen-bond donors (Lipinski definition) is 0. The van der Waals surface area contributed by atoms with E-state index in [0.717, 1.165) is 0 Å². The fraction of sp³-hybridized carbons (Fsp3) is 0.217. The van der Waals surface area contributed by atoms with Gasteiger partial charge in [-0.3, -0.25) is 0 Å². The Morgan fingerprint density at radius 1 is 0.500 bits per heavy atom. The molecule has 0 aliphatic carbocycles. The highest BCUT2D eigenvalue weighted by atomic mass is 35.5. The van der Waals surface area contributed by atoms with Gasteiger partial charge in [-0.05, 0) is 30.9 Å². The third-order valence-corrected chi connectivity index (χ3v) is 30.7. The van der Waals surface area contributed by atoms with Gasteiger partial charge in [-0.2, -0.15) is 0 Å². The minimum absolute atomic E-state index is 0. The molecule has 0 aromatic carbocycles. The fourth-order valence-corrected chi connectivity index (χ4v) is 32.2. The molecule has 6 rings (SSSR count). The molecule has 23 heteroatoms. The quantitative estimate of drug-likeness (QED) is 0.237. The second kappa shape index (κ2) is 25.4. The zero-order valence-electron chi connectivity index (χ0n) is 27.2. The predicted octanol–water partition coefficient (Wildman–Crippen LogP) is 2.13. The average molecular weight is 822 g/mol. The molecule has 0 amide bonds. The minimum atomic E-state index is -3.53. The van der Waals surface area contributed by atoms with Crippen molar-refractivity contribution in [3.8, 4) is 0 Å². The summed E-state index contributed by atoms with van der Waals surface area (Å²) in [6.07, 6.45) is 3.50. The Balaban J connectivity index is 0. The smallest absolute Gasteiger partial charge is 0.396 e. The Bertz CT molecular complexity index is 883. The molecule has 0 aromatic rings. The van der Waals surface area contributed by atoms with Crippen LogP contribution in [0.4, 0.5) is 0 Å². The van der Waals surface area contributed by atoms with Gasteiger partial charge < -0.3 is 54.4 Å². The molecule has 4 unspecified atom stereocenters. The first-order valence-corrected chi connectivity index (χ1v) is 28.1. The first-order valence-electron chi connectivity index (χ1n) is 13.4. The van der Waals surface area contributed by atoms with E-state index in [1.807, 2.05) is 13.8 Å². The number of allylic oxidation sites excluding steroid dienone is 2. The van der Waals surface area contributed by atoms with Crippen molar-refractivity contribution in [2.24, 2.45) is 0 Å². The lowest BCUT2D eigenvalue weighted by Gasteiger charge is -2.43. The van der Waals surface area contributed by atoms with Crippen molar-refractivity contribution < 1.29 is 54.4 Å². The van der Waals surface area contributed by atoms with Crippen LogP contribution in [0.5, 0.6) is 0 Å². The molecule has 6 aliphatic heterocycles. The summed E-state index contributed by atoms with van der Waals surface area (Å²) < 4.78 is 76.6. The van der Waals surface area contributed by atoms with Crippen LogP contribution in [0.3, 0.4) is 0 Å². The molecule has 6 saturated heterocycles. The van der Waals surface area contributed by atoms with Crippen molar-refractivity contribution in [3.63, 3.8) is 0 Å². The van der Waals surface area contributed by atoms with Crippen LogP contribution in [0.15, 0.2) is 111 Å². The van der Waals surface area contributed by atoms with E-state index < -0.39 is 82.6 Å². The van der Waals surface area contributed by atoms with Gasteiger partial charge in [-0.15, -0.1) is 65.0 Å². The number of hydrogen-bond acceptors (Lipinski definition) is 13. The summed E-state index contributed by atoms with van der Waals surface area (Å²) in [6.45, 7) is 37.0. The van der Waals surface area contributed by atoms with E-state index in [9.17, 15) is 0 Å². The molecule has 4 bridgehead atoms. The second-order valence-electron chi connectivity index (χ2n) is 8.10. The van der Waals surface area contributed by atoms with Crippen LogP contribution in [0, 0.1) is 0 Å². The molecular formula is C23H49ClO13Si9. The van der Waals surface area contributed by atoms with E-state index in [-0.39, 0.29) is 12.4 Å². The maximum Gasteiger partial charge on any atom is 0.528 e. The van der Waals surface area contributed by atoms with Gasteiger partial charge in [0.15, 0.2) is 0 Å². The van der Waals surface area contributed by atoms with Crippen LogP contribution in [0.1, 0.15) is 13.8 Å². The molecule has 6 fully saturated rings. The SMILES string of the molecule is C=CC.C=CC.C=C[SiH]1O[SiH]2O[SiH](C=C)O[Si](C=C)(O1)O[SiH]1O[SiH](C=C)O[Si](C=C)(O[SiH](C=C)O1)O2.C=C[Si](OC)(OC)OC.Cl. The summed E-state index contributed by atoms with van der Waals surface area (Å²) in [4.78, 5) is 0. The lowest BCUT2D eigenvalue weighted by Crippen LogP contribution is -2.66. The lowest BCUT2D eigenvalue weighted by molar-refractivity contribution is 0.125. The van der Waals surface area contributed by atoms with E-state index in [0.29, 0.717) is 0 Å². The van der Waals surface area contributed by atoms with E-state index >= 15 is 0 Å². The topological polar surface area (TPSA) is 120 Å². The molecule has 0 N–H and O–H groups in total. The Hall–Kier alpha value is -0.618. The Labute approximate surface area is 294 Å². The van der Waals surface area contributed by atoms with Crippen LogP contribution in [0.25, 0.3) is 0 Å². The van der Waals surface area contributed by atoms with Crippen LogP contribution in [-0.2, 0) is 54.4 Å². The number of rotatable bonds is 10. The highest BCUT2D eigenvalue weighted by molar-refractivity contribution is 6.90. The monoisotopic (exact) mass is 820 g/mol. The molecule has 0 radical (unpaired) electrons. The molecule has 4 atom stereocenters. The molecule has 6 aliphatic rings. The second-order valence-corrected chi connectivity index (χ2v) is 30.2. The lowest BCUT2D eigenvalue weighted by atomic mass is 10.8. The number of halogens is 1. The molecule has 0 aromatic heterocycles. The molecule has 262 valence electrons. The third-order valence-electron chi connectivity index (χ3n) is 5.00. The van der Waals surface area contributed by atoms with E-state index in [2.05, 4.69) is 59.2 Å². The summed E-state index contributed by atoms with van der Waals surface area (Å²) in [6, 6.07) is 0. The molecular weight excluding hydrogens is 772 g/mol. The Kier molecular flexibility index (Phi) is 26.2. The standard InChI is InChI=1S/C12H24O10Si8.C5H12O3Si.2C3H6.ClH/c1-7-23-13-27-14-24(8-2)18-29(11-5,17-23)22-28-15-25(9-3)19-30(12-6,21-27)20-26(10-4)16-28;1-5-9(6-2,7-3)8-4;2*1-3-2;/h7-12,23-28H,1-6H2;5H,1H2,2-4H3;2*3H,1H2,2H3;1H. The maximum absolute atomic E-state index is 6.25. The molecule has 13 nitrogen and oxygen atoms in total. The summed E-state index contributed by atoms with van der Waals surface area (Å²) in [5.74, 6) is 0. The third kappa shape index (κ3) is 15.3. The summed E-state index contributed by atoms with van der Waals surface area (Å²) >= 11 is 0. The van der Waals surface area contributed by atoms with Crippen LogP contribution < -0.4 is 0 Å². The van der Waals surface area contributed by atoms with Crippen LogP contribution in [-0.4, -0.2) is 104 Å². The van der Waals surface area contributed by atoms with Crippen molar-refractivity contribution in [2.75, 3.05) is 21.3 Å². The van der Waals surface area contributed by atoms with E-state index in [4.69, 9.17) is 54.4 Å². The predicted molar refractivity (Wildman–Crippen MR) is 202 cm³/mol. The van der Waals surface area contributed by atoms with Gasteiger partial charge in [0, 0.05) is 21.3 Å². The van der Waals surface area contributed by atoms with Gasteiger partial charge in [0.2, 0.25) is 0 Å². The van der Waals surface area contributed by atoms with Gasteiger partial charge in [0.1, 0.15) is 0 Å². The van der Waals surface area contributed by atoms with Gasteiger partial charge in [0.25, 0.3) is 0 Å². The highest BCUT2D eigenvalue weighted by Gasteiger charge is 2.55. The zero-order chi connectivity index (χ0) is 34.5. The first-order chi connectivity index (χ1) is 21.5. The Morgan fingerprint density at radius 3 is 0.870 bits per heavy atom. The summed E-state index contributed by atoms with van der Waals surface area (Å²) in [7, 11) is -20.7. The highest BCUT2D eigenvalue weighted by Crippen LogP contribution is 2.28. The van der Waals surface area contributed by atoms with E-state index in [1.54, 1.807) is 62.0 Å². The average Bonchev–Trinajstić information content (AvgIpc) is 3.02. The zero-order valence-corrected chi connectivity index (χ0v) is 38.0. The van der Waals surface area contributed by atoms with Gasteiger partial charge >= 0.3 is 82.6 Å². The summed E-state index contributed by atoms with van der Waals surface area (Å²) in [5.41, 5.74) is 10.9. The van der Waals surface area contributed by atoms with Crippen LogP contribution in [0.2, 0.25) is 0 Å². The van der Waals surface area contributed by atoms with Crippen molar-refractivity contribution in [1.29, 1.82) is 0 Å². The fourth-order valence-electron chi connectivity index (χ4n) is 3.01.